The molecule has 0 N–H and O–H groups in total. The van der Waals surface area contributed by atoms with E-state index in [9.17, 15) is 0 Å². The van der Waals surface area contributed by atoms with Crippen LogP contribution >= 0.6 is 15.9 Å². The molecule has 0 fully saturated rings. The Labute approximate surface area is 125 Å². The Kier molecular flexibility index (Phi) is 2.86. The van der Waals surface area contributed by atoms with Crippen molar-refractivity contribution < 1.29 is 4.74 Å². The number of hydrogen-bond donors (Lipinski definition) is 0. The number of nitrogens with zero attached hydrogens (tertiary/aromatic N) is 2. The van der Waals surface area contributed by atoms with Gasteiger partial charge < -0.3 is 9.14 Å². The van der Waals surface area contributed by atoms with Crippen molar-refractivity contribution in [1.82, 2.24) is 9.38 Å². The summed E-state index contributed by atoms with van der Waals surface area (Å²) in [5, 5.41) is 0. The molecule has 1 unspecified atom stereocenters. The van der Waals surface area contributed by atoms with E-state index in [0.717, 1.165) is 15.8 Å². The van der Waals surface area contributed by atoms with Crippen LogP contribution in [0.1, 0.15) is 22.9 Å². The minimum Gasteiger partial charge on any atom is -0.374 e. The predicted octanol–water partition coefficient (Wildman–Crippen LogP) is 3.76. The second-order valence-electron chi connectivity index (χ2n) is 5.00. The van der Waals surface area contributed by atoms with Gasteiger partial charge >= 0.3 is 0 Å². The minimum absolute atomic E-state index is 0.240. The fraction of sp³-hybridized carbons (Fsp3) is 0.188. The fourth-order valence-electron chi connectivity index (χ4n) is 2.85. The quantitative estimate of drug-likeness (QED) is 0.680. The van der Waals surface area contributed by atoms with E-state index >= 15 is 0 Å². The van der Waals surface area contributed by atoms with E-state index in [1.165, 1.54) is 11.3 Å². The van der Waals surface area contributed by atoms with Crippen LogP contribution in [0.15, 0.2) is 53.1 Å². The first-order valence-electron chi connectivity index (χ1n) is 6.62. The van der Waals surface area contributed by atoms with E-state index in [-0.39, 0.29) is 5.92 Å². The lowest BCUT2D eigenvalue weighted by Crippen LogP contribution is -2.19. The molecule has 3 nitrogen and oxygen atoms in total. The minimum atomic E-state index is 0.240. The molecule has 0 spiro atoms. The topological polar surface area (TPSA) is 26.5 Å². The Morgan fingerprint density at radius 3 is 2.85 bits per heavy atom. The molecule has 0 saturated carbocycles. The molecular weight excluding hydrogens is 316 g/mol. The maximum absolute atomic E-state index is 5.74. The van der Waals surface area contributed by atoms with Gasteiger partial charge in [-0.05, 0) is 33.6 Å². The Balaban J connectivity index is 1.95. The van der Waals surface area contributed by atoms with Gasteiger partial charge in [-0.15, -0.1) is 0 Å². The molecule has 0 radical (unpaired) electrons. The van der Waals surface area contributed by atoms with E-state index in [1.807, 2.05) is 18.2 Å². The van der Waals surface area contributed by atoms with Gasteiger partial charge in [-0.3, -0.25) is 0 Å². The summed E-state index contributed by atoms with van der Waals surface area (Å²) in [5.41, 5.74) is 4.54. The van der Waals surface area contributed by atoms with Gasteiger partial charge in [0.2, 0.25) is 0 Å². The van der Waals surface area contributed by atoms with E-state index in [4.69, 9.17) is 4.74 Å². The van der Waals surface area contributed by atoms with Crippen LogP contribution in [0.2, 0.25) is 0 Å². The van der Waals surface area contributed by atoms with Crippen molar-refractivity contribution in [2.45, 2.75) is 12.5 Å². The third-order valence-electron chi connectivity index (χ3n) is 3.75. The molecule has 100 valence electrons. The lowest BCUT2D eigenvalue weighted by Gasteiger charge is -2.23. The molecule has 1 atom stereocenters. The van der Waals surface area contributed by atoms with Crippen LogP contribution in [0.4, 0.5) is 0 Å². The average Bonchev–Trinajstić information content (AvgIpc) is 2.86. The predicted molar refractivity (Wildman–Crippen MR) is 80.8 cm³/mol. The first kappa shape index (κ1) is 12.1. The van der Waals surface area contributed by atoms with E-state index < -0.39 is 0 Å². The van der Waals surface area contributed by atoms with Crippen molar-refractivity contribution in [3.05, 3.63) is 70.1 Å². The Bertz CT molecular complexity index is 767. The van der Waals surface area contributed by atoms with Crippen LogP contribution in [-0.2, 0) is 11.3 Å². The van der Waals surface area contributed by atoms with Crippen LogP contribution in [0.3, 0.4) is 0 Å². The molecular formula is C16H13BrN2O. The second-order valence-corrected chi connectivity index (χ2v) is 5.91. The molecule has 20 heavy (non-hydrogen) atoms. The molecule has 1 aliphatic rings. The second kappa shape index (κ2) is 4.72. The van der Waals surface area contributed by atoms with Crippen molar-refractivity contribution in [3.8, 4) is 0 Å². The monoisotopic (exact) mass is 328 g/mol. The van der Waals surface area contributed by atoms with Crippen molar-refractivity contribution >= 4 is 21.6 Å². The first-order chi connectivity index (χ1) is 9.83. The number of rotatable bonds is 1. The van der Waals surface area contributed by atoms with Crippen LogP contribution in [0.25, 0.3) is 5.65 Å². The smallest absolute Gasteiger partial charge is 0.137 e. The summed E-state index contributed by atoms with van der Waals surface area (Å²) in [5.74, 6) is 0.240. The van der Waals surface area contributed by atoms with Gasteiger partial charge in [-0.1, -0.05) is 30.3 Å². The van der Waals surface area contributed by atoms with Gasteiger partial charge in [0.1, 0.15) is 5.65 Å². The van der Waals surface area contributed by atoms with Crippen molar-refractivity contribution in [2.75, 3.05) is 6.61 Å². The highest BCUT2D eigenvalue weighted by Gasteiger charge is 2.27. The molecule has 4 rings (SSSR count). The fourth-order valence-corrected chi connectivity index (χ4v) is 3.19. The lowest BCUT2D eigenvalue weighted by molar-refractivity contribution is 0.0955. The molecule has 1 aliphatic heterocycles. The van der Waals surface area contributed by atoms with Crippen molar-refractivity contribution in [3.63, 3.8) is 0 Å². The SMILES string of the molecule is Brc1ccc2nc3c(n2c1)C(c1ccccc1)COC3. The van der Waals surface area contributed by atoms with E-state index in [2.05, 4.69) is 55.8 Å². The normalized spacial score (nSPS) is 18.1. The summed E-state index contributed by atoms with van der Waals surface area (Å²) < 4.78 is 8.97. The number of fused-ring (bicyclic) bond motifs is 3. The molecule has 4 heteroatoms. The zero-order valence-corrected chi connectivity index (χ0v) is 12.4. The number of aromatic nitrogens is 2. The summed E-state index contributed by atoms with van der Waals surface area (Å²) in [6, 6.07) is 14.5. The highest BCUT2D eigenvalue weighted by Crippen LogP contribution is 2.33. The maximum Gasteiger partial charge on any atom is 0.137 e. The van der Waals surface area contributed by atoms with Crippen LogP contribution in [0, 0.1) is 0 Å². The third kappa shape index (κ3) is 1.87. The van der Waals surface area contributed by atoms with Crippen LogP contribution in [-0.4, -0.2) is 16.0 Å². The molecule has 1 aromatic carbocycles. The van der Waals surface area contributed by atoms with Gasteiger partial charge in [0.25, 0.3) is 0 Å². The number of hydrogen-bond acceptors (Lipinski definition) is 2. The van der Waals surface area contributed by atoms with Crippen LogP contribution < -0.4 is 0 Å². The zero-order valence-electron chi connectivity index (χ0n) is 10.8. The molecule has 0 saturated heterocycles. The molecule has 2 aromatic heterocycles. The summed E-state index contributed by atoms with van der Waals surface area (Å²) in [7, 11) is 0. The molecule has 3 aromatic rings. The number of benzene rings is 1. The first-order valence-corrected chi connectivity index (χ1v) is 7.41. The number of ether oxygens (including phenoxy) is 1. The molecule has 0 aliphatic carbocycles. The number of imidazole rings is 1. The summed E-state index contributed by atoms with van der Waals surface area (Å²) >= 11 is 3.54. The highest BCUT2D eigenvalue weighted by molar-refractivity contribution is 9.10. The van der Waals surface area contributed by atoms with Crippen molar-refractivity contribution in [2.24, 2.45) is 0 Å². The summed E-state index contributed by atoms with van der Waals surface area (Å²) in [6.07, 6.45) is 2.09. The van der Waals surface area contributed by atoms with E-state index in [0.29, 0.717) is 13.2 Å². The largest absolute Gasteiger partial charge is 0.374 e. The molecule has 0 amide bonds. The third-order valence-corrected chi connectivity index (χ3v) is 4.22. The summed E-state index contributed by atoms with van der Waals surface area (Å²) in [4.78, 5) is 4.69. The van der Waals surface area contributed by atoms with Gasteiger partial charge in [-0.25, -0.2) is 4.98 Å². The van der Waals surface area contributed by atoms with Gasteiger partial charge in [-0.2, -0.15) is 0 Å². The lowest BCUT2D eigenvalue weighted by atomic mass is 9.94. The molecule has 3 heterocycles. The number of pyridine rings is 1. The van der Waals surface area contributed by atoms with Gasteiger partial charge in [0.15, 0.2) is 0 Å². The standard InChI is InChI=1S/C16H13BrN2O/c17-12-6-7-15-18-14-10-20-9-13(16(14)19(15)8-12)11-4-2-1-3-5-11/h1-8,13H,9-10H2. The van der Waals surface area contributed by atoms with Crippen LogP contribution in [0.5, 0.6) is 0 Å². The van der Waals surface area contributed by atoms with Gasteiger partial charge in [0.05, 0.1) is 30.5 Å². The number of halogens is 1. The Morgan fingerprint density at radius 2 is 2.00 bits per heavy atom. The maximum atomic E-state index is 5.74. The average molecular weight is 329 g/mol. The molecule has 0 bridgehead atoms. The summed E-state index contributed by atoms with van der Waals surface area (Å²) in [6.45, 7) is 1.30. The Hall–Kier alpha value is -1.65. The van der Waals surface area contributed by atoms with E-state index in [1.54, 1.807) is 0 Å². The highest BCUT2D eigenvalue weighted by atomic mass is 79.9. The Morgan fingerprint density at radius 1 is 1.15 bits per heavy atom. The van der Waals surface area contributed by atoms with Crippen molar-refractivity contribution in [1.29, 1.82) is 0 Å². The van der Waals surface area contributed by atoms with Gasteiger partial charge in [0, 0.05) is 10.7 Å². The zero-order chi connectivity index (χ0) is 13.5.